The molecule has 12 nitrogen and oxygen atoms in total. The molecule has 2 amide bonds. The first-order valence-electron chi connectivity index (χ1n) is 13.5. The predicted octanol–water partition coefficient (Wildman–Crippen LogP) is 2.77. The van der Waals surface area contributed by atoms with E-state index in [-0.39, 0.29) is 36.5 Å². The van der Waals surface area contributed by atoms with Crippen LogP contribution in [0.2, 0.25) is 0 Å². The van der Waals surface area contributed by atoms with Gasteiger partial charge >= 0.3 is 0 Å². The number of hydrogen-bond acceptors (Lipinski definition) is 8. The lowest BCUT2D eigenvalue weighted by Crippen LogP contribution is -2.47. The first kappa shape index (κ1) is 26.5. The van der Waals surface area contributed by atoms with E-state index in [9.17, 15) is 14.4 Å². The van der Waals surface area contributed by atoms with Crippen molar-refractivity contribution in [2.75, 3.05) is 24.8 Å². The molecule has 2 atom stereocenters. The molecule has 6 rings (SSSR count). The Morgan fingerprint density at radius 3 is 2.66 bits per heavy atom. The van der Waals surface area contributed by atoms with Crippen molar-refractivity contribution in [2.45, 2.75) is 38.5 Å². The average molecular weight is 559 g/mol. The van der Waals surface area contributed by atoms with E-state index >= 15 is 0 Å². The quantitative estimate of drug-likeness (QED) is 0.311. The third-order valence-electron chi connectivity index (χ3n) is 7.40. The van der Waals surface area contributed by atoms with Crippen molar-refractivity contribution in [2.24, 2.45) is 7.05 Å². The highest BCUT2D eigenvalue weighted by molar-refractivity contribution is 6.08. The minimum Gasteiger partial charge on any atom is -0.454 e. The van der Waals surface area contributed by atoms with E-state index < -0.39 is 17.9 Å². The molecule has 0 bridgehead atoms. The van der Waals surface area contributed by atoms with Crippen molar-refractivity contribution >= 4 is 34.3 Å². The number of carbonyl (C=O) groups excluding carboxylic acids is 3. The summed E-state index contributed by atoms with van der Waals surface area (Å²) in [5.74, 6) is -0.411. The van der Waals surface area contributed by atoms with Crippen LogP contribution in [0.15, 0.2) is 54.7 Å². The molecule has 4 heterocycles. The Kier molecular flexibility index (Phi) is 7.14. The molecule has 2 aromatic heterocycles. The van der Waals surface area contributed by atoms with Crippen LogP contribution < -0.4 is 19.7 Å². The topological polar surface area (TPSA) is 130 Å². The Balaban J connectivity index is 1.47. The van der Waals surface area contributed by atoms with Gasteiger partial charge in [0.1, 0.15) is 12.1 Å². The lowest BCUT2D eigenvalue weighted by molar-refractivity contribution is -0.127. The van der Waals surface area contributed by atoms with Crippen LogP contribution in [0.5, 0.6) is 11.5 Å². The number of Topliss-reactive ketones (excluding diaryl/α,β-unsaturated/α-hetero) is 1. The number of rotatable bonds is 9. The monoisotopic (exact) mass is 558 g/mol. The molecule has 1 N–H and O–H groups in total. The second-order valence-electron chi connectivity index (χ2n) is 10.1. The third kappa shape index (κ3) is 5.13. The van der Waals surface area contributed by atoms with Crippen LogP contribution in [0, 0.1) is 0 Å². The number of ketones is 1. The highest BCUT2D eigenvalue weighted by Crippen LogP contribution is 2.41. The van der Waals surface area contributed by atoms with Gasteiger partial charge in [0.25, 0.3) is 0 Å². The van der Waals surface area contributed by atoms with Gasteiger partial charge in [-0.2, -0.15) is 0 Å². The number of aromatic nitrogens is 4. The average Bonchev–Trinajstić information content (AvgIpc) is 3.78. The molecule has 41 heavy (non-hydrogen) atoms. The number of benzene rings is 2. The maximum absolute atomic E-state index is 14.4. The van der Waals surface area contributed by atoms with Gasteiger partial charge in [-0.3, -0.25) is 19.3 Å². The van der Waals surface area contributed by atoms with Crippen LogP contribution in [-0.4, -0.2) is 63.2 Å². The van der Waals surface area contributed by atoms with Crippen molar-refractivity contribution < 1.29 is 28.6 Å². The maximum atomic E-state index is 14.4. The summed E-state index contributed by atoms with van der Waals surface area (Å²) < 4.78 is 20.1. The molecule has 0 spiro atoms. The summed E-state index contributed by atoms with van der Waals surface area (Å²) in [5, 5.41) is 11.3. The highest BCUT2D eigenvalue weighted by Gasteiger charge is 2.38. The standard InChI is InChI=1S/C29H30N6O6/c1-18(36)20-13-25-26(41-17-40-25)14-24(20)35(27(37)16-34-22-9-4-3-8-21(22)31-32-34)28(23-10-5-11-33(23)2)29(38)30-15-19-7-6-12-39-19/h3-5,8-11,13-14,19,28H,6-7,12,15-17H2,1-2H3,(H,30,38)/t19-,28-/m1/s1. The van der Waals surface area contributed by atoms with Crippen LogP contribution in [0.25, 0.3) is 11.0 Å². The van der Waals surface area contributed by atoms with Gasteiger partial charge in [0.15, 0.2) is 23.3 Å². The molecule has 0 saturated carbocycles. The van der Waals surface area contributed by atoms with E-state index in [4.69, 9.17) is 14.2 Å². The summed E-state index contributed by atoms with van der Waals surface area (Å²) >= 11 is 0. The van der Waals surface area contributed by atoms with Crippen LogP contribution >= 0.6 is 0 Å². The molecule has 2 aliphatic heterocycles. The second kappa shape index (κ2) is 11.0. The fourth-order valence-corrected chi connectivity index (χ4v) is 5.33. The van der Waals surface area contributed by atoms with Crippen molar-refractivity contribution in [1.29, 1.82) is 0 Å². The SMILES string of the molecule is CC(=O)c1cc2c(cc1N(C(=O)Cn1nnc3ccccc31)[C@@H](C(=O)NC[C@H]1CCCO1)c1cccn1C)OCO2. The number of para-hydroxylation sites is 1. The molecule has 12 heteroatoms. The number of aryl methyl sites for hydroxylation is 1. The van der Waals surface area contributed by atoms with Gasteiger partial charge < -0.3 is 24.1 Å². The number of nitrogens with zero attached hydrogens (tertiary/aromatic N) is 5. The second-order valence-corrected chi connectivity index (χ2v) is 10.1. The fourth-order valence-electron chi connectivity index (χ4n) is 5.33. The smallest absolute Gasteiger partial charge is 0.249 e. The molecule has 4 aromatic rings. The fraction of sp³-hybridized carbons (Fsp3) is 0.345. The Morgan fingerprint density at radius 2 is 1.93 bits per heavy atom. The largest absolute Gasteiger partial charge is 0.454 e. The summed E-state index contributed by atoms with van der Waals surface area (Å²) in [6.07, 6.45) is 3.47. The van der Waals surface area contributed by atoms with E-state index in [1.54, 1.807) is 48.1 Å². The molecule has 1 saturated heterocycles. The Hall–Kier alpha value is -4.71. The van der Waals surface area contributed by atoms with E-state index in [1.165, 1.54) is 16.5 Å². The van der Waals surface area contributed by atoms with E-state index in [0.29, 0.717) is 41.4 Å². The summed E-state index contributed by atoms with van der Waals surface area (Å²) in [7, 11) is 1.80. The first-order valence-corrected chi connectivity index (χ1v) is 13.5. The maximum Gasteiger partial charge on any atom is 0.249 e. The number of ether oxygens (including phenoxy) is 3. The number of fused-ring (bicyclic) bond motifs is 2. The van der Waals surface area contributed by atoms with Gasteiger partial charge in [-0.25, -0.2) is 4.68 Å². The number of anilines is 1. The van der Waals surface area contributed by atoms with Gasteiger partial charge in [0.05, 0.1) is 23.0 Å². The summed E-state index contributed by atoms with van der Waals surface area (Å²) in [4.78, 5) is 42.7. The molecule has 2 aliphatic rings. The lowest BCUT2D eigenvalue weighted by Gasteiger charge is -2.33. The van der Waals surface area contributed by atoms with E-state index in [2.05, 4.69) is 15.6 Å². The first-order chi connectivity index (χ1) is 19.9. The van der Waals surface area contributed by atoms with E-state index in [0.717, 1.165) is 12.8 Å². The summed E-state index contributed by atoms with van der Waals surface area (Å²) in [6.45, 7) is 2.11. The zero-order valence-electron chi connectivity index (χ0n) is 22.8. The molecule has 0 aliphatic carbocycles. The van der Waals surface area contributed by atoms with Crippen molar-refractivity contribution in [1.82, 2.24) is 24.9 Å². The molecule has 2 aromatic carbocycles. The predicted molar refractivity (Wildman–Crippen MR) is 148 cm³/mol. The molecule has 0 unspecified atom stereocenters. The number of amides is 2. The van der Waals surface area contributed by atoms with Crippen molar-refractivity contribution in [3.8, 4) is 11.5 Å². The van der Waals surface area contributed by atoms with Gasteiger partial charge in [-0.15, -0.1) is 5.10 Å². The molecular weight excluding hydrogens is 528 g/mol. The third-order valence-corrected chi connectivity index (χ3v) is 7.40. The molecule has 1 fully saturated rings. The van der Waals surface area contributed by atoms with Crippen LogP contribution in [0.3, 0.4) is 0 Å². The van der Waals surface area contributed by atoms with Gasteiger partial charge in [-0.1, -0.05) is 17.3 Å². The van der Waals surface area contributed by atoms with Crippen LogP contribution in [0.1, 0.15) is 41.9 Å². The van der Waals surface area contributed by atoms with Gasteiger partial charge in [-0.05, 0) is 50.1 Å². The van der Waals surface area contributed by atoms with Crippen LogP contribution in [0.4, 0.5) is 5.69 Å². The summed E-state index contributed by atoms with van der Waals surface area (Å²) in [6, 6.07) is 12.9. The zero-order chi connectivity index (χ0) is 28.5. The zero-order valence-corrected chi connectivity index (χ0v) is 22.8. The Labute approximate surface area is 235 Å². The van der Waals surface area contributed by atoms with Crippen molar-refractivity contribution in [3.63, 3.8) is 0 Å². The number of hydrogen-bond donors (Lipinski definition) is 1. The minimum atomic E-state index is -1.13. The van der Waals surface area contributed by atoms with Crippen LogP contribution in [-0.2, 0) is 27.9 Å². The number of carbonyl (C=O) groups is 3. The lowest BCUT2D eigenvalue weighted by atomic mass is 10.0. The number of nitrogens with one attached hydrogen (secondary N) is 1. The normalized spacial score (nSPS) is 16.6. The molecule has 212 valence electrons. The van der Waals surface area contributed by atoms with Crippen molar-refractivity contribution in [3.05, 3.63) is 66.0 Å². The molecular formula is C29H30N6O6. The van der Waals surface area contributed by atoms with E-state index in [1.807, 2.05) is 18.2 Å². The van der Waals surface area contributed by atoms with Gasteiger partial charge in [0.2, 0.25) is 18.6 Å². The highest BCUT2D eigenvalue weighted by atomic mass is 16.7. The Morgan fingerprint density at radius 1 is 1.12 bits per heavy atom. The molecule has 0 radical (unpaired) electrons. The Bertz CT molecular complexity index is 1620. The minimum absolute atomic E-state index is 0.0157. The summed E-state index contributed by atoms with van der Waals surface area (Å²) in [5.41, 5.74) is 2.30. The van der Waals surface area contributed by atoms with Gasteiger partial charge in [0, 0.05) is 38.0 Å².